The summed E-state index contributed by atoms with van der Waals surface area (Å²) in [7, 11) is 0. The fraction of sp³-hybridized carbons (Fsp3) is 0.0667. The van der Waals surface area contributed by atoms with Crippen molar-refractivity contribution in [2.24, 2.45) is 5.73 Å². The van der Waals surface area contributed by atoms with Crippen LogP contribution in [-0.4, -0.2) is 9.97 Å². The summed E-state index contributed by atoms with van der Waals surface area (Å²) in [5.41, 5.74) is 8.50. The lowest BCUT2D eigenvalue weighted by atomic mass is 10.1. The van der Waals surface area contributed by atoms with Crippen LogP contribution in [0.15, 0.2) is 48.7 Å². The lowest BCUT2D eigenvalue weighted by Crippen LogP contribution is -1.98. The molecule has 3 aromatic rings. The van der Waals surface area contributed by atoms with Gasteiger partial charge >= 0.3 is 0 Å². The number of hydrogen-bond acceptors (Lipinski definition) is 4. The zero-order chi connectivity index (χ0) is 13.9. The second-order valence-corrected chi connectivity index (χ2v) is 5.61. The minimum Gasteiger partial charge on any atom is -0.325 e. The van der Waals surface area contributed by atoms with Crippen LogP contribution in [0.4, 0.5) is 0 Å². The molecule has 1 aromatic carbocycles. The van der Waals surface area contributed by atoms with Crippen molar-refractivity contribution in [1.82, 2.24) is 9.97 Å². The minimum atomic E-state index is 0.394. The maximum Gasteiger partial charge on any atom is 0.144 e. The predicted molar refractivity (Wildman–Crippen MR) is 83.7 cm³/mol. The molecular weight excluding hydrogens is 290 g/mol. The number of benzene rings is 1. The largest absolute Gasteiger partial charge is 0.325 e. The van der Waals surface area contributed by atoms with Gasteiger partial charge in [-0.1, -0.05) is 41.9 Å². The van der Waals surface area contributed by atoms with E-state index in [2.05, 4.69) is 22.1 Å². The van der Waals surface area contributed by atoms with E-state index in [0.29, 0.717) is 17.3 Å². The Balaban J connectivity index is 2.13. The van der Waals surface area contributed by atoms with Gasteiger partial charge in [-0.2, -0.15) is 0 Å². The molecule has 3 nitrogen and oxygen atoms in total. The van der Waals surface area contributed by atoms with Gasteiger partial charge < -0.3 is 5.73 Å². The fourth-order valence-electron chi connectivity index (χ4n) is 1.95. The lowest BCUT2D eigenvalue weighted by molar-refractivity contribution is 1.01. The van der Waals surface area contributed by atoms with Crippen LogP contribution in [0.25, 0.3) is 21.1 Å². The zero-order valence-corrected chi connectivity index (χ0v) is 12.2. The van der Waals surface area contributed by atoms with Gasteiger partial charge in [0.25, 0.3) is 0 Å². The first-order chi connectivity index (χ1) is 9.79. The van der Waals surface area contributed by atoms with Crippen LogP contribution in [0.3, 0.4) is 0 Å². The summed E-state index contributed by atoms with van der Waals surface area (Å²) in [6.45, 7) is 0.394. The SMILES string of the molecule is NCc1nc(-c2ncccc2Cl)sc1-c1ccccc1. The van der Waals surface area contributed by atoms with E-state index in [1.807, 2.05) is 24.3 Å². The number of nitrogens with two attached hydrogens (primary N) is 1. The van der Waals surface area contributed by atoms with Gasteiger partial charge in [0, 0.05) is 12.7 Å². The standard InChI is InChI=1S/C15H12ClN3S/c16-11-7-4-8-18-13(11)15-19-12(9-17)14(20-15)10-5-2-1-3-6-10/h1-8H,9,17H2. The molecule has 0 aliphatic carbocycles. The van der Waals surface area contributed by atoms with E-state index in [1.54, 1.807) is 23.6 Å². The van der Waals surface area contributed by atoms with Gasteiger partial charge in [0.05, 0.1) is 15.6 Å². The van der Waals surface area contributed by atoms with Crippen LogP contribution >= 0.6 is 22.9 Å². The molecule has 0 saturated carbocycles. The van der Waals surface area contributed by atoms with Gasteiger partial charge in [0.15, 0.2) is 0 Å². The summed E-state index contributed by atoms with van der Waals surface area (Å²) in [5.74, 6) is 0. The molecule has 5 heteroatoms. The molecular formula is C15H12ClN3S. The molecule has 2 heterocycles. The maximum absolute atomic E-state index is 6.18. The van der Waals surface area contributed by atoms with Gasteiger partial charge in [-0.15, -0.1) is 11.3 Å². The van der Waals surface area contributed by atoms with Gasteiger partial charge in [0.2, 0.25) is 0 Å². The third-order valence-corrected chi connectivity index (χ3v) is 4.35. The average Bonchev–Trinajstić information content (AvgIpc) is 2.92. The molecule has 0 atom stereocenters. The Hall–Kier alpha value is -1.75. The van der Waals surface area contributed by atoms with Crippen LogP contribution in [0.1, 0.15) is 5.69 Å². The van der Waals surface area contributed by atoms with E-state index in [0.717, 1.165) is 21.1 Å². The van der Waals surface area contributed by atoms with Crippen molar-refractivity contribution in [3.63, 3.8) is 0 Å². The van der Waals surface area contributed by atoms with Gasteiger partial charge in [-0.3, -0.25) is 4.98 Å². The van der Waals surface area contributed by atoms with Crippen molar-refractivity contribution in [1.29, 1.82) is 0 Å². The molecule has 2 aromatic heterocycles. The molecule has 20 heavy (non-hydrogen) atoms. The van der Waals surface area contributed by atoms with Crippen LogP contribution in [0.2, 0.25) is 5.02 Å². The Morgan fingerprint density at radius 1 is 1.10 bits per heavy atom. The summed E-state index contributed by atoms with van der Waals surface area (Å²) in [6.07, 6.45) is 1.72. The predicted octanol–water partition coefficient (Wildman–Crippen LogP) is 3.98. The first-order valence-electron chi connectivity index (χ1n) is 6.15. The topological polar surface area (TPSA) is 51.8 Å². The van der Waals surface area contributed by atoms with Gasteiger partial charge in [-0.25, -0.2) is 4.98 Å². The number of hydrogen-bond donors (Lipinski definition) is 1. The second kappa shape index (κ2) is 5.71. The van der Waals surface area contributed by atoms with E-state index >= 15 is 0 Å². The van der Waals surface area contributed by atoms with Crippen LogP contribution in [0, 0.1) is 0 Å². The number of pyridine rings is 1. The molecule has 0 aliphatic heterocycles. The normalized spacial score (nSPS) is 10.7. The molecule has 0 saturated heterocycles. The quantitative estimate of drug-likeness (QED) is 0.796. The lowest BCUT2D eigenvalue weighted by Gasteiger charge is -1.98. The van der Waals surface area contributed by atoms with E-state index in [4.69, 9.17) is 17.3 Å². The van der Waals surface area contributed by atoms with Crippen LogP contribution in [-0.2, 0) is 6.54 Å². The van der Waals surface area contributed by atoms with E-state index in [-0.39, 0.29) is 0 Å². The highest BCUT2D eigenvalue weighted by Gasteiger charge is 2.15. The molecule has 0 aliphatic rings. The van der Waals surface area contributed by atoms with Crippen molar-refractivity contribution in [3.05, 3.63) is 59.4 Å². The van der Waals surface area contributed by atoms with Gasteiger partial charge in [0.1, 0.15) is 10.7 Å². The Morgan fingerprint density at radius 2 is 1.90 bits per heavy atom. The summed E-state index contributed by atoms with van der Waals surface area (Å²) in [6, 6.07) is 13.7. The number of halogens is 1. The van der Waals surface area contributed by atoms with Crippen molar-refractivity contribution < 1.29 is 0 Å². The Morgan fingerprint density at radius 3 is 2.60 bits per heavy atom. The van der Waals surface area contributed by atoms with Crippen molar-refractivity contribution in [2.75, 3.05) is 0 Å². The molecule has 0 bridgehead atoms. The average molecular weight is 302 g/mol. The van der Waals surface area contributed by atoms with E-state index < -0.39 is 0 Å². The Labute approximate surface area is 126 Å². The molecule has 0 amide bonds. The molecule has 0 unspecified atom stereocenters. The van der Waals surface area contributed by atoms with Crippen molar-refractivity contribution in [3.8, 4) is 21.1 Å². The third-order valence-electron chi connectivity index (χ3n) is 2.89. The zero-order valence-electron chi connectivity index (χ0n) is 10.6. The summed E-state index contributed by atoms with van der Waals surface area (Å²) < 4.78 is 0. The monoisotopic (exact) mass is 301 g/mol. The number of nitrogens with zero attached hydrogens (tertiary/aromatic N) is 2. The Bertz CT molecular complexity index is 725. The molecule has 0 fully saturated rings. The maximum atomic E-state index is 6.18. The van der Waals surface area contributed by atoms with Crippen molar-refractivity contribution >= 4 is 22.9 Å². The minimum absolute atomic E-state index is 0.394. The molecule has 3 rings (SSSR count). The smallest absolute Gasteiger partial charge is 0.144 e. The van der Waals surface area contributed by atoms with Crippen LogP contribution in [0.5, 0.6) is 0 Å². The van der Waals surface area contributed by atoms with E-state index in [9.17, 15) is 0 Å². The first-order valence-corrected chi connectivity index (χ1v) is 7.35. The fourth-order valence-corrected chi connectivity index (χ4v) is 3.33. The Kier molecular flexibility index (Phi) is 3.78. The summed E-state index contributed by atoms with van der Waals surface area (Å²) in [4.78, 5) is 9.96. The van der Waals surface area contributed by atoms with Crippen LogP contribution < -0.4 is 5.73 Å². The number of rotatable bonds is 3. The highest BCUT2D eigenvalue weighted by atomic mass is 35.5. The third kappa shape index (κ3) is 2.45. The van der Waals surface area contributed by atoms with Gasteiger partial charge in [-0.05, 0) is 17.7 Å². The molecule has 100 valence electrons. The number of thiazole rings is 1. The number of aromatic nitrogens is 2. The highest BCUT2D eigenvalue weighted by molar-refractivity contribution is 7.18. The highest BCUT2D eigenvalue weighted by Crippen LogP contribution is 2.36. The molecule has 0 radical (unpaired) electrons. The second-order valence-electron chi connectivity index (χ2n) is 4.20. The molecule has 2 N–H and O–H groups in total. The van der Waals surface area contributed by atoms with Crippen molar-refractivity contribution in [2.45, 2.75) is 6.54 Å². The van der Waals surface area contributed by atoms with E-state index in [1.165, 1.54) is 0 Å². The summed E-state index contributed by atoms with van der Waals surface area (Å²) in [5, 5.41) is 1.40. The summed E-state index contributed by atoms with van der Waals surface area (Å²) >= 11 is 7.75. The molecule has 0 spiro atoms. The first kappa shape index (κ1) is 13.2.